The molecule has 176 valence electrons. The normalized spacial score (nSPS) is 38.4. The van der Waals surface area contributed by atoms with Crippen molar-refractivity contribution in [2.75, 3.05) is 6.61 Å². The molecule has 0 aliphatic heterocycles. The second kappa shape index (κ2) is 8.23. The molecule has 0 bridgehead atoms. The number of hydrogen-bond acceptors (Lipinski definition) is 4. The largest absolute Gasteiger partial charge is 0.463 e. The van der Waals surface area contributed by atoms with Crippen LogP contribution in [0.2, 0.25) is 0 Å². The fourth-order valence-electron chi connectivity index (χ4n) is 8.00. The maximum absolute atomic E-state index is 12.1. The molecule has 1 aromatic rings. The lowest BCUT2D eigenvalue weighted by molar-refractivity contribution is -0.146. The van der Waals surface area contributed by atoms with Crippen molar-refractivity contribution in [1.82, 2.24) is 0 Å². The molecule has 0 spiro atoms. The number of hydrogen-bond donors (Lipinski definition) is 1. The number of carbonyl (C=O) groups excluding carboxylic acids is 2. The number of rotatable bonds is 4. The maximum atomic E-state index is 12.1. The van der Waals surface area contributed by atoms with E-state index in [1.807, 2.05) is 12.1 Å². The molecule has 1 aromatic carbocycles. The lowest BCUT2D eigenvalue weighted by atomic mass is 9.51. The number of aliphatic hydroxyl groups excluding tert-OH is 1. The van der Waals surface area contributed by atoms with Gasteiger partial charge in [0.25, 0.3) is 0 Å². The molecule has 5 rings (SSSR count). The van der Waals surface area contributed by atoms with Crippen LogP contribution in [-0.4, -0.2) is 29.6 Å². The van der Waals surface area contributed by atoms with Crippen molar-refractivity contribution in [3.05, 3.63) is 59.2 Å². The molecule has 4 heteroatoms. The predicted molar refractivity (Wildman–Crippen MR) is 127 cm³/mol. The van der Waals surface area contributed by atoms with Gasteiger partial charge in [0, 0.05) is 24.7 Å². The van der Waals surface area contributed by atoms with E-state index in [1.165, 1.54) is 23.6 Å². The van der Waals surface area contributed by atoms with Crippen LogP contribution in [0.4, 0.5) is 0 Å². The van der Waals surface area contributed by atoms with Gasteiger partial charge in [-0.1, -0.05) is 61.4 Å². The molecule has 7 atom stereocenters. The fraction of sp³-hybridized carbons (Fsp3) is 0.586. The van der Waals surface area contributed by atoms with E-state index in [4.69, 9.17) is 4.74 Å². The van der Waals surface area contributed by atoms with E-state index in [0.29, 0.717) is 18.3 Å². The summed E-state index contributed by atoms with van der Waals surface area (Å²) in [5.74, 6) is 1.15. The van der Waals surface area contributed by atoms with E-state index in [2.05, 4.69) is 44.2 Å². The van der Waals surface area contributed by atoms with Crippen molar-refractivity contribution in [3.8, 4) is 0 Å². The van der Waals surface area contributed by atoms with Crippen LogP contribution in [0.5, 0.6) is 0 Å². The van der Waals surface area contributed by atoms with Gasteiger partial charge in [-0.25, -0.2) is 0 Å². The summed E-state index contributed by atoms with van der Waals surface area (Å²) in [7, 11) is 0. The molecule has 1 N–H and O–H groups in total. The van der Waals surface area contributed by atoms with Gasteiger partial charge < -0.3 is 9.84 Å². The van der Waals surface area contributed by atoms with Crippen LogP contribution in [0, 0.1) is 28.6 Å². The zero-order chi connectivity index (χ0) is 23.4. The number of carbonyl (C=O) groups is 2. The minimum absolute atomic E-state index is 0.00877. The van der Waals surface area contributed by atoms with Crippen LogP contribution < -0.4 is 0 Å². The molecule has 0 aromatic heterocycles. The molecule has 0 amide bonds. The van der Waals surface area contributed by atoms with Gasteiger partial charge in [0.2, 0.25) is 0 Å². The summed E-state index contributed by atoms with van der Waals surface area (Å²) < 4.78 is 5.28. The van der Waals surface area contributed by atoms with Crippen LogP contribution >= 0.6 is 0 Å². The predicted octanol–water partition coefficient (Wildman–Crippen LogP) is 5.37. The maximum Gasteiger partial charge on any atom is 0.302 e. The van der Waals surface area contributed by atoms with Gasteiger partial charge in [-0.15, -0.1) is 0 Å². The molecule has 4 aliphatic rings. The summed E-state index contributed by atoms with van der Waals surface area (Å²) in [5.41, 5.74) is 4.09. The Morgan fingerprint density at radius 2 is 1.94 bits per heavy atom. The summed E-state index contributed by atoms with van der Waals surface area (Å²) in [6.07, 6.45) is 9.30. The van der Waals surface area contributed by atoms with Gasteiger partial charge in [0.05, 0.1) is 6.10 Å². The highest BCUT2D eigenvalue weighted by molar-refractivity contribution is 5.92. The zero-order valence-corrected chi connectivity index (χ0v) is 20.0. The molecular weight excluding hydrogens is 412 g/mol. The van der Waals surface area contributed by atoms with Gasteiger partial charge in [-0.2, -0.15) is 0 Å². The lowest BCUT2D eigenvalue weighted by Crippen LogP contribution is -2.47. The Bertz CT molecular complexity index is 1010. The Labute approximate surface area is 197 Å². The molecule has 0 saturated heterocycles. The number of ether oxygens (including phenoxy) is 1. The molecule has 0 heterocycles. The van der Waals surface area contributed by atoms with E-state index >= 15 is 0 Å². The first kappa shape index (κ1) is 22.6. The number of fused-ring (bicyclic) bond motifs is 5. The van der Waals surface area contributed by atoms with Gasteiger partial charge in [-0.05, 0) is 66.9 Å². The second-order valence-electron chi connectivity index (χ2n) is 11.2. The van der Waals surface area contributed by atoms with Crippen LogP contribution in [0.25, 0.3) is 0 Å². The van der Waals surface area contributed by atoms with Crippen LogP contribution in [0.15, 0.2) is 53.6 Å². The SMILES string of the molecule is CC(=O)OCC(O)[C@H]1[C@H](c2ccccc2)CC2C3CCC4=CC(=O)CC[C@]4(C)C3=CC[C@@]21C. The van der Waals surface area contributed by atoms with Gasteiger partial charge >= 0.3 is 5.97 Å². The van der Waals surface area contributed by atoms with Gasteiger partial charge in [0.15, 0.2) is 5.78 Å². The Balaban J connectivity index is 1.53. The monoisotopic (exact) mass is 448 g/mol. The van der Waals surface area contributed by atoms with Crippen molar-refractivity contribution < 1.29 is 19.4 Å². The lowest BCUT2D eigenvalue weighted by Gasteiger charge is -2.53. The third-order valence-corrected chi connectivity index (χ3v) is 9.57. The number of ketones is 1. The summed E-state index contributed by atoms with van der Waals surface area (Å²) >= 11 is 0. The topological polar surface area (TPSA) is 63.6 Å². The fourth-order valence-corrected chi connectivity index (χ4v) is 8.00. The molecular formula is C29H36O4. The van der Waals surface area contributed by atoms with Crippen molar-refractivity contribution in [1.29, 1.82) is 0 Å². The van der Waals surface area contributed by atoms with Crippen molar-refractivity contribution in [2.24, 2.45) is 28.6 Å². The number of benzene rings is 1. The van der Waals surface area contributed by atoms with Crippen LogP contribution in [-0.2, 0) is 14.3 Å². The van der Waals surface area contributed by atoms with Crippen molar-refractivity contribution >= 4 is 11.8 Å². The zero-order valence-electron chi connectivity index (χ0n) is 20.0. The van der Waals surface area contributed by atoms with Crippen LogP contribution in [0.1, 0.15) is 70.8 Å². The van der Waals surface area contributed by atoms with Gasteiger partial charge in [-0.3, -0.25) is 9.59 Å². The third-order valence-electron chi connectivity index (χ3n) is 9.57. The van der Waals surface area contributed by atoms with Crippen LogP contribution in [0.3, 0.4) is 0 Å². The average molecular weight is 449 g/mol. The van der Waals surface area contributed by atoms with E-state index in [0.717, 1.165) is 32.1 Å². The second-order valence-corrected chi connectivity index (χ2v) is 11.2. The van der Waals surface area contributed by atoms with E-state index in [9.17, 15) is 14.7 Å². The quantitative estimate of drug-likeness (QED) is 0.497. The molecule has 3 unspecified atom stereocenters. The minimum Gasteiger partial charge on any atom is -0.463 e. The molecule has 4 aliphatic carbocycles. The highest BCUT2D eigenvalue weighted by atomic mass is 16.5. The van der Waals surface area contributed by atoms with Crippen molar-refractivity contribution in [3.63, 3.8) is 0 Å². The van der Waals surface area contributed by atoms with Crippen molar-refractivity contribution in [2.45, 2.75) is 71.3 Å². The van der Waals surface area contributed by atoms with Gasteiger partial charge in [0.1, 0.15) is 6.61 Å². The Morgan fingerprint density at radius 3 is 2.67 bits per heavy atom. The standard InChI is InChI=1S/C29H36O4/c1-18(30)33-17-26(32)27-23(19-7-5-4-6-8-19)16-25-22-10-9-20-15-21(31)11-13-28(20,2)24(22)12-14-29(25,27)3/h4-8,12,15,22-23,25-27,32H,9-11,13-14,16-17H2,1-3H3/t22?,23-,25?,26?,27+,28-,29-/m0/s1. The molecule has 2 fully saturated rings. The first-order chi connectivity index (χ1) is 15.7. The average Bonchev–Trinajstić information content (AvgIpc) is 3.12. The molecule has 2 saturated carbocycles. The number of aliphatic hydroxyl groups is 1. The summed E-state index contributed by atoms with van der Waals surface area (Å²) in [6.45, 7) is 6.16. The molecule has 0 radical (unpaired) electrons. The highest BCUT2D eigenvalue weighted by Crippen LogP contribution is 2.67. The first-order valence-corrected chi connectivity index (χ1v) is 12.5. The van der Waals surface area contributed by atoms with E-state index in [-0.39, 0.29) is 41.0 Å². The summed E-state index contributed by atoms with van der Waals surface area (Å²) in [4.78, 5) is 23.6. The summed E-state index contributed by atoms with van der Waals surface area (Å²) in [6, 6.07) is 10.6. The Hall–Kier alpha value is -2.20. The summed E-state index contributed by atoms with van der Waals surface area (Å²) in [5, 5.41) is 11.4. The van der Waals surface area contributed by atoms with E-state index in [1.54, 1.807) is 0 Å². The first-order valence-electron chi connectivity index (χ1n) is 12.5. The molecule has 33 heavy (non-hydrogen) atoms. The number of allylic oxidation sites excluding steroid dienone is 4. The smallest absolute Gasteiger partial charge is 0.302 e. The van der Waals surface area contributed by atoms with E-state index < -0.39 is 6.10 Å². The minimum atomic E-state index is -0.689. The molecule has 4 nitrogen and oxygen atoms in total. The number of esters is 1. The Morgan fingerprint density at radius 1 is 1.18 bits per heavy atom. The third kappa shape index (κ3) is 3.62. The Kier molecular flexibility index (Phi) is 5.63. The highest BCUT2D eigenvalue weighted by Gasteiger charge is 2.60.